The molecule has 1 heterocycles. The molecule has 0 fully saturated rings. The van der Waals surface area contributed by atoms with Gasteiger partial charge in [-0.15, -0.1) is 11.6 Å². The first-order valence-corrected chi connectivity index (χ1v) is 5.86. The minimum atomic E-state index is -0.0410. The molecule has 0 aliphatic rings. The van der Waals surface area contributed by atoms with Crippen molar-refractivity contribution in [3.05, 3.63) is 22.3 Å². The summed E-state index contributed by atoms with van der Waals surface area (Å²) in [6, 6.07) is 3.87. The van der Waals surface area contributed by atoms with E-state index in [4.69, 9.17) is 16.3 Å². The van der Waals surface area contributed by atoms with Crippen LogP contribution in [0.5, 0.6) is 0 Å². The minimum Gasteiger partial charge on any atom is -0.383 e. The third-order valence-corrected chi connectivity index (χ3v) is 2.99. The van der Waals surface area contributed by atoms with Crippen LogP contribution in [-0.4, -0.2) is 30.6 Å². The summed E-state index contributed by atoms with van der Waals surface area (Å²) in [6.07, 6.45) is 0. The first-order valence-electron chi connectivity index (χ1n) is 4.63. The van der Waals surface area contributed by atoms with Gasteiger partial charge in [0.25, 0.3) is 0 Å². The van der Waals surface area contributed by atoms with Crippen molar-refractivity contribution in [1.82, 2.24) is 4.98 Å². The van der Waals surface area contributed by atoms with E-state index in [1.54, 1.807) is 7.11 Å². The van der Waals surface area contributed by atoms with Crippen LogP contribution in [0.3, 0.4) is 0 Å². The van der Waals surface area contributed by atoms with Crippen LogP contribution in [-0.2, 0) is 4.74 Å². The number of aryl methyl sites for hydroxylation is 1. The SMILES string of the molecule is COCC(Cl)CNc1ccc(Br)c(C)n1. The molecule has 1 rings (SSSR count). The highest BCUT2D eigenvalue weighted by Gasteiger charge is 2.04. The molecular formula is C10H14BrClN2O. The quantitative estimate of drug-likeness (QED) is 0.848. The largest absolute Gasteiger partial charge is 0.383 e. The number of hydrogen-bond acceptors (Lipinski definition) is 3. The molecule has 1 N–H and O–H groups in total. The number of pyridine rings is 1. The molecule has 0 saturated carbocycles. The van der Waals surface area contributed by atoms with Crippen LogP contribution in [0, 0.1) is 6.92 Å². The lowest BCUT2D eigenvalue weighted by Gasteiger charge is -2.10. The normalized spacial score (nSPS) is 12.5. The van der Waals surface area contributed by atoms with Crippen LogP contribution in [0.2, 0.25) is 0 Å². The van der Waals surface area contributed by atoms with E-state index >= 15 is 0 Å². The molecule has 0 spiro atoms. The molecule has 0 aliphatic heterocycles. The summed E-state index contributed by atoms with van der Waals surface area (Å²) >= 11 is 9.38. The Hall–Kier alpha value is -0.320. The van der Waals surface area contributed by atoms with E-state index in [0.29, 0.717) is 13.2 Å². The molecule has 0 aliphatic carbocycles. The summed E-state index contributed by atoms with van der Waals surface area (Å²) in [6.45, 7) is 3.12. The van der Waals surface area contributed by atoms with Crippen molar-refractivity contribution in [3.8, 4) is 0 Å². The zero-order chi connectivity index (χ0) is 11.3. The van der Waals surface area contributed by atoms with E-state index in [1.807, 2.05) is 19.1 Å². The van der Waals surface area contributed by atoms with Crippen molar-refractivity contribution in [2.24, 2.45) is 0 Å². The highest BCUT2D eigenvalue weighted by atomic mass is 79.9. The van der Waals surface area contributed by atoms with Crippen LogP contribution in [0.15, 0.2) is 16.6 Å². The van der Waals surface area contributed by atoms with E-state index in [2.05, 4.69) is 26.2 Å². The van der Waals surface area contributed by atoms with Crippen molar-refractivity contribution in [3.63, 3.8) is 0 Å². The third kappa shape index (κ3) is 4.36. The standard InChI is InChI=1S/C10H14BrClN2O/c1-7-9(11)3-4-10(14-7)13-5-8(12)6-15-2/h3-4,8H,5-6H2,1-2H3,(H,13,14). The van der Waals surface area contributed by atoms with Gasteiger partial charge in [-0.25, -0.2) is 4.98 Å². The predicted octanol–water partition coefficient (Wildman–Crippen LogP) is 2.82. The van der Waals surface area contributed by atoms with E-state index in [0.717, 1.165) is 16.0 Å². The molecule has 0 bridgehead atoms. The Kier molecular flexibility index (Phi) is 5.36. The van der Waals surface area contributed by atoms with Gasteiger partial charge in [-0.1, -0.05) is 0 Å². The lowest BCUT2D eigenvalue weighted by Crippen LogP contribution is -2.19. The number of halogens is 2. The topological polar surface area (TPSA) is 34.1 Å². The maximum Gasteiger partial charge on any atom is 0.126 e. The molecule has 84 valence electrons. The molecule has 1 atom stereocenters. The number of methoxy groups -OCH3 is 1. The number of ether oxygens (including phenoxy) is 1. The summed E-state index contributed by atoms with van der Waals surface area (Å²) in [7, 11) is 1.64. The molecule has 1 aromatic heterocycles. The maximum absolute atomic E-state index is 5.98. The zero-order valence-corrected chi connectivity index (χ0v) is 11.1. The first-order chi connectivity index (χ1) is 7.13. The average molecular weight is 294 g/mol. The highest BCUT2D eigenvalue weighted by Crippen LogP contribution is 2.16. The van der Waals surface area contributed by atoms with Gasteiger partial charge in [-0.3, -0.25) is 0 Å². The van der Waals surface area contributed by atoms with Crippen LogP contribution in [0.4, 0.5) is 5.82 Å². The molecule has 1 unspecified atom stereocenters. The number of nitrogens with one attached hydrogen (secondary N) is 1. The Morgan fingerprint density at radius 2 is 2.33 bits per heavy atom. The summed E-state index contributed by atoms with van der Waals surface area (Å²) < 4.78 is 5.94. The smallest absolute Gasteiger partial charge is 0.126 e. The van der Waals surface area contributed by atoms with E-state index in [-0.39, 0.29) is 5.38 Å². The zero-order valence-electron chi connectivity index (χ0n) is 8.76. The molecule has 15 heavy (non-hydrogen) atoms. The van der Waals surface area contributed by atoms with Gasteiger partial charge in [0.2, 0.25) is 0 Å². The van der Waals surface area contributed by atoms with E-state index < -0.39 is 0 Å². The van der Waals surface area contributed by atoms with Gasteiger partial charge in [0.1, 0.15) is 5.82 Å². The second kappa shape index (κ2) is 6.30. The monoisotopic (exact) mass is 292 g/mol. The van der Waals surface area contributed by atoms with Crippen molar-refractivity contribution in [1.29, 1.82) is 0 Å². The Morgan fingerprint density at radius 1 is 1.60 bits per heavy atom. The summed E-state index contributed by atoms with van der Waals surface area (Å²) in [5.41, 5.74) is 0.956. The number of aromatic nitrogens is 1. The Bertz CT molecular complexity index is 322. The van der Waals surface area contributed by atoms with Crippen molar-refractivity contribution >= 4 is 33.3 Å². The number of rotatable bonds is 5. The number of nitrogens with zero attached hydrogens (tertiary/aromatic N) is 1. The van der Waals surface area contributed by atoms with Gasteiger partial charge in [0, 0.05) is 18.1 Å². The molecule has 0 amide bonds. The molecule has 3 nitrogen and oxygen atoms in total. The molecular weight excluding hydrogens is 279 g/mol. The Morgan fingerprint density at radius 3 is 2.93 bits per heavy atom. The Labute approximate surface area is 103 Å². The van der Waals surface area contributed by atoms with Crippen molar-refractivity contribution < 1.29 is 4.74 Å². The van der Waals surface area contributed by atoms with Crippen LogP contribution in [0.1, 0.15) is 5.69 Å². The van der Waals surface area contributed by atoms with Gasteiger partial charge in [-0.2, -0.15) is 0 Å². The first kappa shape index (κ1) is 12.7. The molecule has 0 saturated heterocycles. The minimum absolute atomic E-state index is 0.0410. The van der Waals surface area contributed by atoms with Gasteiger partial charge in [-0.05, 0) is 35.0 Å². The second-order valence-corrected chi connectivity index (χ2v) is 4.67. The lowest BCUT2D eigenvalue weighted by molar-refractivity contribution is 0.200. The van der Waals surface area contributed by atoms with Crippen LogP contribution in [0.25, 0.3) is 0 Å². The number of hydrogen-bond donors (Lipinski definition) is 1. The van der Waals surface area contributed by atoms with Gasteiger partial charge in [0.15, 0.2) is 0 Å². The fourth-order valence-electron chi connectivity index (χ4n) is 1.10. The van der Waals surface area contributed by atoms with Gasteiger partial charge < -0.3 is 10.1 Å². The predicted molar refractivity (Wildman–Crippen MR) is 66.7 cm³/mol. The number of alkyl halides is 1. The average Bonchev–Trinajstić information content (AvgIpc) is 2.20. The van der Waals surface area contributed by atoms with Crippen molar-refractivity contribution in [2.75, 3.05) is 25.6 Å². The van der Waals surface area contributed by atoms with Crippen molar-refractivity contribution in [2.45, 2.75) is 12.3 Å². The van der Waals surface area contributed by atoms with Crippen LogP contribution >= 0.6 is 27.5 Å². The van der Waals surface area contributed by atoms with Gasteiger partial charge in [0.05, 0.1) is 17.7 Å². The fourth-order valence-corrected chi connectivity index (χ4v) is 1.52. The van der Waals surface area contributed by atoms with Crippen LogP contribution < -0.4 is 5.32 Å². The third-order valence-electron chi connectivity index (χ3n) is 1.87. The number of anilines is 1. The molecule has 0 radical (unpaired) electrons. The molecule has 1 aromatic rings. The van der Waals surface area contributed by atoms with Gasteiger partial charge >= 0.3 is 0 Å². The summed E-state index contributed by atoms with van der Waals surface area (Å²) in [4.78, 5) is 4.35. The summed E-state index contributed by atoms with van der Waals surface area (Å²) in [5.74, 6) is 0.831. The second-order valence-electron chi connectivity index (χ2n) is 3.20. The Balaban J connectivity index is 2.47. The highest BCUT2D eigenvalue weighted by molar-refractivity contribution is 9.10. The van der Waals surface area contributed by atoms with E-state index in [9.17, 15) is 0 Å². The lowest BCUT2D eigenvalue weighted by atomic mass is 10.3. The maximum atomic E-state index is 5.98. The fraction of sp³-hybridized carbons (Fsp3) is 0.500. The molecule has 0 aromatic carbocycles. The van der Waals surface area contributed by atoms with E-state index in [1.165, 1.54) is 0 Å². The summed E-state index contributed by atoms with van der Waals surface area (Å²) in [5, 5.41) is 3.11. The molecule has 5 heteroatoms.